The van der Waals surface area contributed by atoms with Gasteiger partial charge in [-0.1, -0.05) is 84.8 Å². The fourth-order valence-electron chi connectivity index (χ4n) is 10.2. The standard InChI is InChI=1S/C54H62N2O10/c1-4-7-30-60-53(59)56(35-37-19-25-48-49(31-37)62-36-61-48)50-34-46(55-64-6-3)44-32-40(17-11-13-27-57)43(18-12-14-28-58)51-45-33-42(24-26-47(45)66-54(50,52(44)51)63-29-5-2)65-41-22-20-39(21-23-41)38-15-9-8-10-16-38/h4-5,8-10,15-16,19-26,31-33,40,43,50-52,57-58H,1-2,6-7,11-14,17-18,27-30,34-36H2,3H3. The van der Waals surface area contributed by atoms with Gasteiger partial charge in [0.25, 0.3) is 0 Å². The van der Waals surface area contributed by atoms with Crippen LogP contribution in [0.25, 0.3) is 11.1 Å². The van der Waals surface area contributed by atoms with Crippen molar-refractivity contribution in [2.75, 3.05) is 39.8 Å². The minimum atomic E-state index is -1.47. The molecule has 4 aromatic carbocycles. The number of hydrogen-bond acceptors (Lipinski definition) is 11. The predicted molar refractivity (Wildman–Crippen MR) is 253 cm³/mol. The molecule has 2 N–H and O–H groups in total. The Kier molecular flexibility index (Phi) is 15.4. The van der Waals surface area contributed by atoms with Crippen LogP contribution in [0.3, 0.4) is 0 Å². The lowest BCUT2D eigenvalue weighted by atomic mass is 9.55. The number of fused-ring (bicyclic) bond motifs is 3. The number of allylic oxidation sites excluding steroid dienone is 1. The summed E-state index contributed by atoms with van der Waals surface area (Å²) in [7, 11) is 0. The largest absolute Gasteiger partial charge is 0.459 e. The van der Waals surface area contributed by atoms with Crippen molar-refractivity contribution >= 4 is 11.8 Å². The SMILES string of the molecule is C=CCCOC(=O)N(Cc1ccc2c(c1)OCO2)C1CC(=NOCC)C2=CC(CCCCO)C(CCCCO)C3c4cc(Oc5ccc(-c6ccccc6)cc5)ccc4OC1(OCC=C)C23. The molecule has 12 nitrogen and oxygen atoms in total. The van der Waals surface area contributed by atoms with Gasteiger partial charge in [0.05, 0.1) is 24.8 Å². The predicted octanol–water partition coefficient (Wildman–Crippen LogP) is 10.7. The molecule has 6 unspecified atom stereocenters. The van der Waals surface area contributed by atoms with Crippen LogP contribution >= 0.6 is 0 Å². The number of aliphatic hydroxyl groups is 2. The van der Waals surface area contributed by atoms with Gasteiger partial charge in [-0.3, -0.25) is 4.90 Å². The van der Waals surface area contributed by atoms with E-state index in [2.05, 4.69) is 49.6 Å². The van der Waals surface area contributed by atoms with Crippen molar-refractivity contribution in [3.05, 3.63) is 139 Å². The third-order valence-corrected chi connectivity index (χ3v) is 13.1. The smallest absolute Gasteiger partial charge is 0.410 e. The second-order valence-electron chi connectivity index (χ2n) is 17.2. The molecule has 4 aliphatic rings. The number of unbranched alkanes of at least 4 members (excludes halogenated alkanes) is 2. The summed E-state index contributed by atoms with van der Waals surface area (Å²) in [6, 6.07) is 29.1. The Balaban J connectivity index is 1.29. The topological polar surface area (TPSA) is 138 Å². The summed E-state index contributed by atoms with van der Waals surface area (Å²) in [5.41, 5.74) is 5.60. The Bertz CT molecular complexity index is 2350. The highest BCUT2D eigenvalue weighted by molar-refractivity contribution is 6.03. The highest BCUT2D eigenvalue weighted by Crippen LogP contribution is 2.62. The lowest BCUT2D eigenvalue weighted by molar-refractivity contribution is -0.256. The van der Waals surface area contributed by atoms with E-state index in [4.69, 9.17) is 38.4 Å². The van der Waals surface area contributed by atoms with Gasteiger partial charge in [0.15, 0.2) is 11.5 Å². The number of nitrogens with zero attached hydrogens (tertiary/aromatic N) is 2. The highest BCUT2D eigenvalue weighted by Gasteiger charge is 2.65. The molecule has 8 rings (SSSR count). The van der Waals surface area contributed by atoms with Gasteiger partial charge in [0, 0.05) is 37.7 Å². The summed E-state index contributed by atoms with van der Waals surface area (Å²) in [6.07, 6.45) is 10.5. The monoisotopic (exact) mass is 898 g/mol. The van der Waals surface area contributed by atoms with Gasteiger partial charge in [-0.2, -0.15) is 0 Å². The fourth-order valence-corrected chi connectivity index (χ4v) is 10.2. The maximum Gasteiger partial charge on any atom is 0.410 e. The normalized spacial score (nSPS) is 22.9. The Hall–Kier alpha value is -6.08. The molecule has 0 aromatic heterocycles. The fraction of sp³-hybridized carbons (Fsp3) is 0.407. The summed E-state index contributed by atoms with van der Waals surface area (Å²) < 4.78 is 38.6. The molecule has 0 bridgehead atoms. The maximum absolute atomic E-state index is 14.8. The molecule has 0 saturated heterocycles. The van der Waals surface area contributed by atoms with Gasteiger partial charge in [-0.05, 0) is 116 Å². The molecular weight excluding hydrogens is 837 g/mol. The Labute approximate surface area is 388 Å². The average Bonchev–Trinajstić information content (AvgIpc) is 3.82. The molecule has 1 amide bonds. The van der Waals surface area contributed by atoms with Gasteiger partial charge < -0.3 is 43.5 Å². The maximum atomic E-state index is 14.8. The molecule has 1 saturated carbocycles. The molecule has 2 heterocycles. The van der Waals surface area contributed by atoms with Gasteiger partial charge >= 0.3 is 6.09 Å². The number of carbonyl (C=O) groups is 1. The van der Waals surface area contributed by atoms with Crippen LogP contribution in [-0.2, 0) is 20.9 Å². The van der Waals surface area contributed by atoms with E-state index in [1.54, 1.807) is 17.1 Å². The molecule has 66 heavy (non-hydrogen) atoms. The first-order chi connectivity index (χ1) is 32.4. The first-order valence-electron chi connectivity index (χ1n) is 23.4. The van der Waals surface area contributed by atoms with Crippen LogP contribution in [0.5, 0.6) is 28.7 Å². The highest BCUT2D eigenvalue weighted by atomic mass is 16.7. The van der Waals surface area contributed by atoms with E-state index in [9.17, 15) is 15.0 Å². The van der Waals surface area contributed by atoms with Crippen molar-refractivity contribution in [1.82, 2.24) is 4.90 Å². The minimum absolute atomic E-state index is 0.0349. The van der Waals surface area contributed by atoms with E-state index in [0.29, 0.717) is 60.3 Å². The number of ether oxygens (including phenoxy) is 6. The number of aliphatic hydroxyl groups excluding tert-OH is 2. The van der Waals surface area contributed by atoms with Crippen LogP contribution in [0.2, 0.25) is 0 Å². The van der Waals surface area contributed by atoms with Gasteiger partial charge in [0.1, 0.15) is 29.9 Å². The third-order valence-electron chi connectivity index (χ3n) is 13.1. The molecule has 2 aliphatic heterocycles. The number of amides is 1. The van der Waals surface area contributed by atoms with Crippen molar-refractivity contribution in [1.29, 1.82) is 0 Å². The van der Waals surface area contributed by atoms with E-state index in [-0.39, 0.29) is 63.9 Å². The van der Waals surface area contributed by atoms with E-state index in [1.165, 1.54) is 0 Å². The first kappa shape index (κ1) is 46.4. The quantitative estimate of drug-likeness (QED) is 0.0445. The summed E-state index contributed by atoms with van der Waals surface area (Å²) in [6.45, 7) is 10.8. The van der Waals surface area contributed by atoms with Crippen LogP contribution in [0, 0.1) is 17.8 Å². The lowest BCUT2D eigenvalue weighted by Crippen LogP contribution is -2.70. The molecule has 6 atom stereocenters. The molecule has 0 radical (unpaired) electrons. The summed E-state index contributed by atoms with van der Waals surface area (Å²) in [5.74, 6) is 1.08. The number of rotatable bonds is 22. The first-order valence-corrected chi connectivity index (χ1v) is 23.4. The molecule has 12 heteroatoms. The zero-order valence-corrected chi connectivity index (χ0v) is 37.9. The van der Waals surface area contributed by atoms with Crippen molar-refractivity contribution in [3.63, 3.8) is 0 Å². The number of hydrogen-bond donors (Lipinski definition) is 2. The molecular formula is C54H62N2O10. The minimum Gasteiger partial charge on any atom is -0.459 e. The second kappa shape index (κ2) is 21.9. The second-order valence-corrected chi connectivity index (χ2v) is 17.2. The zero-order chi connectivity index (χ0) is 45.9. The Morgan fingerprint density at radius 2 is 1.61 bits per heavy atom. The summed E-state index contributed by atoms with van der Waals surface area (Å²) in [5, 5.41) is 24.8. The van der Waals surface area contributed by atoms with Gasteiger partial charge in [-0.25, -0.2) is 4.79 Å². The van der Waals surface area contributed by atoms with E-state index in [0.717, 1.165) is 53.5 Å². The van der Waals surface area contributed by atoms with Crippen LogP contribution < -0.4 is 18.9 Å². The van der Waals surface area contributed by atoms with Gasteiger partial charge in [0.2, 0.25) is 12.6 Å². The number of oxime groups is 1. The van der Waals surface area contributed by atoms with Crippen molar-refractivity contribution in [2.24, 2.45) is 22.9 Å². The average molecular weight is 899 g/mol. The Morgan fingerprint density at radius 3 is 2.36 bits per heavy atom. The van der Waals surface area contributed by atoms with Crippen LogP contribution in [0.4, 0.5) is 4.79 Å². The van der Waals surface area contributed by atoms with Crippen LogP contribution in [0.15, 0.2) is 133 Å². The van der Waals surface area contributed by atoms with E-state index in [1.807, 2.05) is 67.6 Å². The lowest BCUT2D eigenvalue weighted by Gasteiger charge is -2.59. The van der Waals surface area contributed by atoms with Crippen molar-refractivity contribution in [3.8, 4) is 39.9 Å². The third kappa shape index (κ3) is 10.0. The molecule has 1 fully saturated rings. The molecule has 4 aromatic rings. The molecule has 348 valence electrons. The van der Waals surface area contributed by atoms with Crippen molar-refractivity contribution < 1.29 is 48.3 Å². The van der Waals surface area contributed by atoms with Crippen molar-refractivity contribution in [2.45, 2.75) is 82.6 Å². The number of carbonyl (C=O) groups excluding carboxylic acids is 1. The van der Waals surface area contributed by atoms with Crippen LogP contribution in [-0.4, -0.2) is 78.6 Å². The molecule has 2 aliphatic carbocycles. The van der Waals surface area contributed by atoms with E-state index >= 15 is 0 Å². The molecule has 0 spiro atoms. The van der Waals surface area contributed by atoms with Crippen LogP contribution in [0.1, 0.15) is 75.3 Å². The zero-order valence-electron chi connectivity index (χ0n) is 37.9. The number of benzene rings is 4. The summed E-state index contributed by atoms with van der Waals surface area (Å²) >= 11 is 0. The van der Waals surface area contributed by atoms with E-state index < -0.39 is 23.8 Å². The summed E-state index contributed by atoms with van der Waals surface area (Å²) in [4.78, 5) is 22.4. The Morgan fingerprint density at radius 1 is 0.864 bits per heavy atom. The van der Waals surface area contributed by atoms with Gasteiger partial charge in [-0.15, -0.1) is 13.2 Å².